The molecule has 0 amide bonds. The monoisotopic (exact) mass is 338 g/mol. The summed E-state index contributed by atoms with van der Waals surface area (Å²) in [5.74, 6) is -1.54. The highest BCUT2D eigenvalue weighted by Gasteiger charge is 2.27. The van der Waals surface area contributed by atoms with Crippen LogP contribution in [0.2, 0.25) is 0 Å². The first-order valence-electron chi connectivity index (χ1n) is 6.29. The summed E-state index contributed by atoms with van der Waals surface area (Å²) >= 11 is 0.704. The lowest BCUT2D eigenvalue weighted by molar-refractivity contribution is -0.105. The van der Waals surface area contributed by atoms with Crippen LogP contribution in [0.4, 0.5) is 22.0 Å². The lowest BCUT2D eigenvalue weighted by Gasteiger charge is -2.09. The summed E-state index contributed by atoms with van der Waals surface area (Å²) in [5.41, 5.74) is 1.43. The highest BCUT2D eigenvalue weighted by molar-refractivity contribution is 7.99. The predicted molar refractivity (Wildman–Crippen MR) is 79.5 cm³/mol. The lowest BCUT2D eigenvalue weighted by atomic mass is 10.1. The molecule has 0 fully saturated rings. The van der Waals surface area contributed by atoms with E-state index in [0.29, 0.717) is 22.2 Å². The molecule has 1 aromatic rings. The maximum atomic E-state index is 12.4. The quantitative estimate of drug-likeness (QED) is 0.334. The second kappa shape index (κ2) is 8.26. The van der Waals surface area contributed by atoms with Gasteiger partial charge < -0.3 is 0 Å². The number of thioether (sulfide) groups is 1. The third kappa shape index (κ3) is 6.55. The maximum Gasteiger partial charge on any atom is 0.398 e. The molecule has 0 unspecified atom stereocenters. The van der Waals surface area contributed by atoms with E-state index in [1.165, 1.54) is 13.3 Å². The van der Waals surface area contributed by atoms with Crippen LogP contribution in [0.5, 0.6) is 0 Å². The number of rotatable bonds is 5. The maximum absolute atomic E-state index is 12.4. The molecule has 0 radical (unpaired) electrons. The zero-order valence-electron chi connectivity index (χ0n) is 12.0. The van der Waals surface area contributed by atoms with Gasteiger partial charge in [-0.05, 0) is 24.1 Å². The number of nitrogens with zero attached hydrogens (tertiary/aromatic N) is 2. The first-order chi connectivity index (χ1) is 10.2. The van der Waals surface area contributed by atoms with E-state index in [2.05, 4.69) is 9.98 Å². The number of alkyl halides is 5. The molecule has 0 saturated carbocycles. The Kier molecular flexibility index (Phi) is 6.99. The minimum Gasteiger partial charge on any atom is -0.269 e. The van der Waals surface area contributed by atoms with Crippen molar-refractivity contribution in [2.24, 2.45) is 9.98 Å². The molecule has 0 aliphatic rings. The Balaban J connectivity index is 2.75. The van der Waals surface area contributed by atoms with Gasteiger partial charge in [-0.25, -0.2) is 13.8 Å². The highest BCUT2D eigenvalue weighted by Crippen LogP contribution is 2.30. The minimum absolute atomic E-state index is 0.242. The van der Waals surface area contributed by atoms with Crippen molar-refractivity contribution < 1.29 is 22.0 Å². The van der Waals surface area contributed by atoms with Gasteiger partial charge in [0.1, 0.15) is 0 Å². The van der Waals surface area contributed by atoms with Crippen molar-refractivity contribution in [3.63, 3.8) is 0 Å². The summed E-state index contributed by atoms with van der Waals surface area (Å²) in [6, 6.07) is 5.04. The number of halogens is 5. The second-order valence-corrected chi connectivity index (χ2v) is 5.42. The van der Waals surface area contributed by atoms with Crippen molar-refractivity contribution in [3.8, 4) is 0 Å². The molecule has 0 heterocycles. The van der Waals surface area contributed by atoms with Crippen LogP contribution in [0.3, 0.4) is 0 Å². The molecule has 0 aliphatic heterocycles. The van der Waals surface area contributed by atoms with Gasteiger partial charge in [0.2, 0.25) is 0 Å². The molecule has 0 aliphatic carbocycles. The average Bonchev–Trinajstić information content (AvgIpc) is 2.42. The summed E-state index contributed by atoms with van der Waals surface area (Å²) in [4.78, 5) is 7.42. The SMILES string of the molecule is CN=C(N=CCc1ccc(C)c(SCC(F)(F)F)c1)C(F)F. The van der Waals surface area contributed by atoms with Crippen LogP contribution in [0.25, 0.3) is 0 Å². The molecule has 122 valence electrons. The van der Waals surface area contributed by atoms with Crippen molar-refractivity contribution in [1.29, 1.82) is 0 Å². The van der Waals surface area contributed by atoms with Gasteiger partial charge in [0.15, 0.2) is 5.84 Å². The van der Waals surface area contributed by atoms with E-state index in [4.69, 9.17) is 0 Å². The topological polar surface area (TPSA) is 24.7 Å². The van der Waals surface area contributed by atoms with Gasteiger partial charge in [-0.15, -0.1) is 11.8 Å². The van der Waals surface area contributed by atoms with Crippen LogP contribution < -0.4 is 0 Å². The molecule has 8 heteroatoms. The Morgan fingerprint density at radius 2 is 2.00 bits per heavy atom. The molecule has 0 N–H and O–H groups in total. The highest BCUT2D eigenvalue weighted by atomic mass is 32.2. The number of aryl methyl sites for hydroxylation is 1. The Morgan fingerprint density at radius 3 is 2.55 bits per heavy atom. The first-order valence-corrected chi connectivity index (χ1v) is 7.28. The number of benzene rings is 1. The summed E-state index contributed by atoms with van der Waals surface area (Å²) in [7, 11) is 1.22. The predicted octanol–water partition coefficient (Wildman–Crippen LogP) is 4.56. The molecule has 0 bridgehead atoms. The Morgan fingerprint density at radius 1 is 1.32 bits per heavy atom. The van der Waals surface area contributed by atoms with E-state index in [9.17, 15) is 22.0 Å². The van der Waals surface area contributed by atoms with Crippen LogP contribution in [-0.4, -0.2) is 37.5 Å². The van der Waals surface area contributed by atoms with Gasteiger partial charge in [-0.1, -0.05) is 12.1 Å². The molecule has 1 rings (SSSR count). The van der Waals surface area contributed by atoms with E-state index < -0.39 is 24.2 Å². The summed E-state index contributed by atoms with van der Waals surface area (Å²) in [5, 5.41) is 0. The van der Waals surface area contributed by atoms with E-state index in [1.807, 2.05) is 0 Å². The molecular formula is C14H15F5N2S. The molecule has 2 nitrogen and oxygen atoms in total. The fraction of sp³-hybridized carbons (Fsp3) is 0.429. The zero-order chi connectivity index (χ0) is 16.8. The summed E-state index contributed by atoms with van der Waals surface area (Å²) in [6.45, 7) is 1.72. The number of hydrogen-bond acceptors (Lipinski definition) is 2. The summed E-state index contributed by atoms with van der Waals surface area (Å²) in [6.07, 6.45) is -5.47. The minimum atomic E-state index is -4.24. The van der Waals surface area contributed by atoms with Gasteiger partial charge in [0.05, 0.1) is 5.75 Å². The van der Waals surface area contributed by atoms with Crippen molar-refractivity contribution in [2.75, 3.05) is 12.8 Å². The number of hydrogen-bond donors (Lipinski definition) is 0. The fourth-order valence-corrected chi connectivity index (χ4v) is 2.39. The van der Waals surface area contributed by atoms with Crippen LogP contribution in [0.1, 0.15) is 11.1 Å². The molecule has 1 aromatic carbocycles. The van der Waals surface area contributed by atoms with Gasteiger partial charge in [-0.3, -0.25) is 4.99 Å². The van der Waals surface area contributed by atoms with Crippen molar-refractivity contribution >= 4 is 23.8 Å². The molecule has 0 atom stereocenters. The largest absolute Gasteiger partial charge is 0.398 e. The second-order valence-electron chi connectivity index (χ2n) is 4.40. The molecule has 0 aromatic heterocycles. The number of amidine groups is 1. The van der Waals surface area contributed by atoms with Crippen LogP contribution in [0.15, 0.2) is 33.1 Å². The third-order valence-corrected chi connectivity index (χ3v) is 3.84. The lowest BCUT2D eigenvalue weighted by Crippen LogP contribution is -2.10. The van der Waals surface area contributed by atoms with Gasteiger partial charge in [0, 0.05) is 24.6 Å². The standard InChI is InChI=1S/C14H15F5N2S/c1-9-3-4-10(5-6-21-13(20-2)12(15)16)7-11(9)22-8-14(17,18)19/h3-4,6-7,12H,5,8H2,1-2H3. The normalized spacial score (nSPS) is 13.4. The van der Waals surface area contributed by atoms with Crippen molar-refractivity contribution in [3.05, 3.63) is 29.3 Å². The van der Waals surface area contributed by atoms with Gasteiger partial charge in [-0.2, -0.15) is 13.2 Å². The van der Waals surface area contributed by atoms with Crippen molar-refractivity contribution in [2.45, 2.75) is 30.8 Å². The smallest absolute Gasteiger partial charge is 0.269 e. The van der Waals surface area contributed by atoms with E-state index in [-0.39, 0.29) is 6.42 Å². The Hall–Kier alpha value is -1.44. The van der Waals surface area contributed by atoms with Gasteiger partial charge in [0.25, 0.3) is 6.43 Å². The van der Waals surface area contributed by atoms with Crippen LogP contribution in [0, 0.1) is 6.92 Å². The molecule has 22 heavy (non-hydrogen) atoms. The van der Waals surface area contributed by atoms with Crippen LogP contribution >= 0.6 is 11.8 Å². The number of aliphatic imine (C=N–C) groups is 2. The van der Waals surface area contributed by atoms with E-state index in [0.717, 1.165) is 5.56 Å². The van der Waals surface area contributed by atoms with E-state index >= 15 is 0 Å². The van der Waals surface area contributed by atoms with Crippen LogP contribution in [-0.2, 0) is 6.42 Å². The molecular weight excluding hydrogens is 323 g/mol. The van der Waals surface area contributed by atoms with E-state index in [1.54, 1.807) is 25.1 Å². The summed E-state index contributed by atoms with van der Waals surface area (Å²) < 4.78 is 61.6. The van der Waals surface area contributed by atoms with Gasteiger partial charge >= 0.3 is 6.18 Å². The average molecular weight is 338 g/mol. The zero-order valence-corrected chi connectivity index (χ0v) is 12.8. The third-order valence-electron chi connectivity index (χ3n) is 2.62. The Labute approximate surface area is 129 Å². The Bertz CT molecular complexity index is 553. The first kappa shape index (κ1) is 18.6. The van der Waals surface area contributed by atoms with Crippen molar-refractivity contribution in [1.82, 2.24) is 0 Å². The fourth-order valence-electron chi connectivity index (χ4n) is 1.54. The molecule has 0 spiro atoms. The molecule has 0 saturated heterocycles.